The molecular formula is C32H46BrClN2O2S. The lowest BCUT2D eigenvalue weighted by Crippen LogP contribution is -2.17. The van der Waals surface area contributed by atoms with Crippen LogP contribution >= 0.6 is 40.3 Å². The molecule has 4 nitrogen and oxygen atoms in total. The number of carbonyl (C=O) groups is 1. The van der Waals surface area contributed by atoms with Gasteiger partial charge >= 0.3 is 0 Å². The molecule has 3 rings (SSSR count). The number of unbranched alkanes of at least 4 members (excludes halogenated alkanes) is 11. The van der Waals surface area contributed by atoms with Gasteiger partial charge in [-0.25, -0.2) is 0 Å². The minimum absolute atomic E-state index is 0. The molecule has 1 amide bonds. The van der Waals surface area contributed by atoms with Gasteiger partial charge in [-0.1, -0.05) is 107 Å². The Labute approximate surface area is 256 Å². The van der Waals surface area contributed by atoms with Crippen LogP contribution in [-0.4, -0.2) is 23.3 Å². The molecule has 0 aliphatic carbocycles. The third-order valence-electron chi connectivity index (χ3n) is 7.03. The van der Waals surface area contributed by atoms with E-state index in [9.17, 15) is 4.79 Å². The molecule has 0 saturated carbocycles. The van der Waals surface area contributed by atoms with E-state index in [-0.39, 0.29) is 22.9 Å². The fourth-order valence-corrected chi connectivity index (χ4v) is 5.81. The maximum atomic E-state index is 12.9. The molecule has 1 heterocycles. The average Bonchev–Trinajstić information content (AvgIpc) is 3.32. The summed E-state index contributed by atoms with van der Waals surface area (Å²) in [6.07, 6.45) is 15.7. The van der Waals surface area contributed by atoms with E-state index in [4.69, 9.17) is 16.3 Å². The van der Waals surface area contributed by atoms with Crippen molar-refractivity contribution in [3.05, 3.63) is 69.7 Å². The number of para-hydroxylation sites is 1. The predicted molar refractivity (Wildman–Crippen MR) is 175 cm³/mol. The summed E-state index contributed by atoms with van der Waals surface area (Å²) in [5.74, 6) is 1.36. The molecule has 39 heavy (non-hydrogen) atoms. The second-order valence-electron chi connectivity index (χ2n) is 10.3. The van der Waals surface area contributed by atoms with Crippen molar-refractivity contribution in [3.63, 3.8) is 0 Å². The lowest BCUT2D eigenvalue weighted by Gasteiger charge is -2.19. The Bertz CT molecular complexity index is 1020. The minimum atomic E-state index is -0.165. The van der Waals surface area contributed by atoms with Crippen LogP contribution in [0, 0.1) is 0 Å². The van der Waals surface area contributed by atoms with E-state index in [2.05, 4.69) is 29.5 Å². The number of anilines is 1. The fourth-order valence-electron chi connectivity index (χ4n) is 4.64. The summed E-state index contributed by atoms with van der Waals surface area (Å²) in [6.45, 7) is 5.85. The smallest absolute Gasteiger partial charge is 0.255 e. The molecule has 0 radical (unpaired) electrons. The number of amides is 1. The van der Waals surface area contributed by atoms with Crippen LogP contribution in [0.2, 0.25) is 5.02 Å². The molecule has 1 aliphatic heterocycles. The number of hydrogen-bond acceptors (Lipinski definition) is 4. The number of benzene rings is 2. The quantitative estimate of drug-likeness (QED) is 0.165. The zero-order valence-electron chi connectivity index (χ0n) is 23.7. The van der Waals surface area contributed by atoms with Crippen LogP contribution < -0.4 is 10.1 Å². The van der Waals surface area contributed by atoms with E-state index in [1.165, 1.54) is 75.5 Å². The maximum Gasteiger partial charge on any atom is 0.255 e. The molecule has 0 spiro atoms. The van der Waals surface area contributed by atoms with Crippen molar-refractivity contribution in [2.45, 2.75) is 97.4 Å². The van der Waals surface area contributed by atoms with Crippen molar-refractivity contribution in [2.75, 3.05) is 17.8 Å². The van der Waals surface area contributed by atoms with E-state index in [0.717, 1.165) is 25.3 Å². The average molecular weight is 638 g/mol. The summed E-state index contributed by atoms with van der Waals surface area (Å²) < 4.78 is 6.04. The summed E-state index contributed by atoms with van der Waals surface area (Å²) in [5, 5.41) is 5.70. The first-order valence-corrected chi connectivity index (χ1v) is 15.9. The minimum Gasteiger partial charge on any atom is -0.490 e. The monoisotopic (exact) mass is 636 g/mol. The maximum absolute atomic E-state index is 12.9. The van der Waals surface area contributed by atoms with Crippen LogP contribution in [0.3, 0.4) is 0 Å². The van der Waals surface area contributed by atoms with Crippen molar-refractivity contribution in [3.8, 4) is 5.75 Å². The second kappa shape index (κ2) is 19.4. The summed E-state index contributed by atoms with van der Waals surface area (Å²) in [5.41, 5.74) is 3.70. The van der Waals surface area contributed by atoms with Crippen LogP contribution in [0.5, 0.6) is 5.75 Å². The molecule has 0 aromatic heterocycles. The highest BCUT2D eigenvalue weighted by atomic mass is 79.9. The zero-order valence-corrected chi connectivity index (χ0v) is 27.0. The van der Waals surface area contributed by atoms with Crippen LogP contribution in [0.1, 0.15) is 107 Å². The predicted octanol–water partition coefficient (Wildman–Crippen LogP) is 10.6. The Morgan fingerprint density at radius 1 is 0.923 bits per heavy atom. The Morgan fingerprint density at radius 2 is 1.54 bits per heavy atom. The van der Waals surface area contributed by atoms with E-state index < -0.39 is 0 Å². The van der Waals surface area contributed by atoms with Crippen LogP contribution in [0.4, 0.5) is 5.69 Å². The number of hydrogen-bond donors (Lipinski definition) is 1. The van der Waals surface area contributed by atoms with Crippen molar-refractivity contribution < 1.29 is 9.53 Å². The normalized spacial score (nSPS) is 12.7. The van der Waals surface area contributed by atoms with Crippen molar-refractivity contribution in [2.24, 2.45) is 0 Å². The van der Waals surface area contributed by atoms with Gasteiger partial charge in [-0.15, -0.1) is 28.7 Å². The standard InChI is InChI=1S/C32H45ClN2O2S.BrH/c1-3-4-5-6-7-8-9-10-11-12-13-14-22-37-31-29(33)16-15-17-30(31)34-32(36)28-20-18-27(19-21-28)23-35-25-38-24-26(35)2;/h15-21,24H,3-14,22-23,25H2,1-2H3,(H,34,36);1H. The Kier molecular flexibility index (Phi) is 16.7. The number of thioether (sulfide) groups is 1. The van der Waals surface area contributed by atoms with Gasteiger partial charge in [0.25, 0.3) is 5.91 Å². The number of nitrogens with zero attached hydrogens (tertiary/aromatic N) is 1. The molecule has 0 fully saturated rings. The number of allylic oxidation sites excluding steroid dienone is 1. The first-order chi connectivity index (χ1) is 18.6. The molecular weight excluding hydrogens is 592 g/mol. The molecule has 0 saturated heterocycles. The van der Waals surface area contributed by atoms with Gasteiger partial charge in [-0.3, -0.25) is 4.79 Å². The number of halogens is 2. The summed E-state index contributed by atoms with van der Waals surface area (Å²) in [6, 6.07) is 13.3. The first kappa shape index (κ1) is 33.6. The Balaban J connectivity index is 0.00000533. The van der Waals surface area contributed by atoms with Gasteiger partial charge in [0.05, 0.1) is 23.2 Å². The molecule has 2 aromatic rings. The summed E-state index contributed by atoms with van der Waals surface area (Å²) in [7, 11) is 0. The third-order valence-corrected chi connectivity index (χ3v) is 8.30. The van der Waals surface area contributed by atoms with Crippen molar-refractivity contribution in [1.29, 1.82) is 0 Å². The number of carbonyl (C=O) groups excluding carboxylic acids is 1. The lowest BCUT2D eigenvalue weighted by molar-refractivity contribution is 0.102. The molecule has 0 unspecified atom stereocenters. The van der Waals surface area contributed by atoms with Crippen LogP contribution in [0.15, 0.2) is 53.6 Å². The Morgan fingerprint density at radius 3 is 2.13 bits per heavy atom. The molecule has 216 valence electrons. The van der Waals surface area contributed by atoms with Gasteiger partial charge in [0.15, 0.2) is 5.75 Å². The van der Waals surface area contributed by atoms with Gasteiger partial charge in [-0.05, 0) is 48.6 Å². The van der Waals surface area contributed by atoms with Gasteiger partial charge < -0.3 is 15.0 Å². The molecule has 0 atom stereocenters. The summed E-state index contributed by atoms with van der Waals surface area (Å²) in [4.78, 5) is 15.3. The zero-order chi connectivity index (χ0) is 27.0. The first-order valence-electron chi connectivity index (χ1n) is 14.4. The molecule has 1 N–H and O–H groups in total. The van der Waals surface area contributed by atoms with E-state index in [1.807, 2.05) is 48.2 Å². The SMILES string of the molecule is Br.CCCCCCCCCCCCCCOc1c(Cl)cccc1NC(=O)c1ccc(CN2CSC=C2C)cc1. The fraction of sp³-hybridized carbons (Fsp3) is 0.531. The molecule has 0 bridgehead atoms. The largest absolute Gasteiger partial charge is 0.490 e. The van der Waals surface area contributed by atoms with Gasteiger partial charge in [0.2, 0.25) is 0 Å². The van der Waals surface area contributed by atoms with E-state index in [1.54, 1.807) is 6.07 Å². The highest BCUT2D eigenvalue weighted by Gasteiger charge is 2.15. The van der Waals surface area contributed by atoms with Gasteiger partial charge in [0.1, 0.15) is 0 Å². The van der Waals surface area contributed by atoms with Crippen LogP contribution in [0.25, 0.3) is 0 Å². The number of rotatable bonds is 18. The summed E-state index contributed by atoms with van der Waals surface area (Å²) >= 11 is 8.25. The molecule has 2 aromatic carbocycles. The van der Waals surface area contributed by atoms with Gasteiger partial charge in [-0.2, -0.15) is 0 Å². The van der Waals surface area contributed by atoms with E-state index >= 15 is 0 Å². The molecule has 7 heteroatoms. The van der Waals surface area contributed by atoms with Crippen LogP contribution in [-0.2, 0) is 6.54 Å². The Hall–Kier alpha value is -1.63. The lowest BCUT2D eigenvalue weighted by atomic mass is 10.1. The van der Waals surface area contributed by atoms with E-state index in [0.29, 0.717) is 28.6 Å². The van der Waals surface area contributed by atoms with Crippen molar-refractivity contribution in [1.82, 2.24) is 4.90 Å². The number of nitrogens with one attached hydrogen (secondary N) is 1. The number of ether oxygens (including phenoxy) is 1. The second-order valence-corrected chi connectivity index (χ2v) is 11.5. The highest BCUT2D eigenvalue weighted by Crippen LogP contribution is 2.33. The topological polar surface area (TPSA) is 41.6 Å². The highest BCUT2D eigenvalue weighted by molar-refractivity contribution is 8.93. The van der Waals surface area contributed by atoms with Gasteiger partial charge in [0, 0.05) is 17.8 Å². The third kappa shape index (κ3) is 12.2. The van der Waals surface area contributed by atoms with Crippen molar-refractivity contribution >= 4 is 51.9 Å². The molecule has 1 aliphatic rings.